The molecule has 7 heteroatoms. The largest absolute Gasteiger partial charge is 0.460 e. The van der Waals surface area contributed by atoms with Crippen LogP contribution in [0.2, 0.25) is 5.02 Å². The molecule has 2 atom stereocenters. The molecule has 0 aliphatic rings. The van der Waals surface area contributed by atoms with Crippen molar-refractivity contribution < 1.29 is 24.2 Å². The lowest BCUT2D eigenvalue weighted by atomic mass is 9.78. The standard InChI is InChI=1S/C26H42ClNO5/c1-24(2,3)14-13-18-11-12-19(16-21(18)27)26(7,28-22(30)10-9-15-32-8)20(17-29)23(31)33-25(4,5)6/h11-12,16,20,29H,9-10,13-15,17H2,1-8H3,(H,28,30)/t20?,26-/m0/s1. The lowest BCUT2D eigenvalue weighted by molar-refractivity contribution is -0.165. The van der Waals surface area contributed by atoms with Crippen molar-refractivity contribution in [3.63, 3.8) is 0 Å². The van der Waals surface area contributed by atoms with Crippen molar-refractivity contribution in [3.8, 4) is 0 Å². The summed E-state index contributed by atoms with van der Waals surface area (Å²) in [5.74, 6) is -1.85. The molecule has 0 spiro atoms. The van der Waals surface area contributed by atoms with Gasteiger partial charge in [-0.2, -0.15) is 0 Å². The summed E-state index contributed by atoms with van der Waals surface area (Å²) in [4.78, 5) is 25.8. The van der Waals surface area contributed by atoms with Crippen molar-refractivity contribution >= 4 is 23.5 Å². The van der Waals surface area contributed by atoms with E-state index < -0.39 is 29.6 Å². The Hall–Kier alpha value is -1.63. The number of amides is 1. The second kappa shape index (κ2) is 12.2. The van der Waals surface area contributed by atoms with E-state index in [0.29, 0.717) is 23.6 Å². The zero-order chi connectivity index (χ0) is 25.4. The van der Waals surface area contributed by atoms with Crippen LogP contribution >= 0.6 is 11.6 Å². The maximum atomic E-state index is 13.0. The summed E-state index contributed by atoms with van der Waals surface area (Å²) in [7, 11) is 1.58. The van der Waals surface area contributed by atoms with E-state index in [-0.39, 0.29) is 17.7 Å². The Morgan fingerprint density at radius 1 is 1.12 bits per heavy atom. The van der Waals surface area contributed by atoms with Crippen molar-refractivity contribution in [1.29, 1.82) is 0 Å². The molecule has 0 aliphatic heterocycles. The first-order valence-corrected chi connectivity index (χ1v) is 11.9. The Morgan fingerprint density at radius 2 is 1.76 bits per heavy atom. The van der Waals surface area contributed by atoms with Gasteiger partial charge in [-0.1, -0.05) is 44.5 Å². The number of aliphatic hydroxyl groups is 1. The highest BCUT2D eigenvalue weighted by molar-refractivity contribution is 6.31. The second-order valence-electron chi connectivity index (χ2n) is 11.0. The molecule has 2 N–H and O–H groups in total. The molecule has 0 radical (unpaired) electrons. The summed E-state index contributed by atoms with van der Waals surface area (Å²) >= 11 is 6.63. The van der Waals surface area contributed by atoms with Gasteiger partial charge in [0.2, 0.25) is 5.91 Å². The predicted molar refractivity (Wildman–Crippen MR) is 132 cm³/mol. The highest BCUT2D eigenvalue weighted by Gasteiger charge is 2.43. The smallest absolute Gasteiger partial charge is 0.314 e. The number of ether oxygens (including phenoxy) is 2. The first-order valence-electron chi connectivity index (χ1n) is 11.6. The molecule has 0 saturated carbocycles. The Bertz CT molecular complexity index is 797. The number of hydrogen-bond acceptors (Lipinski definition) is 5. The van der Waals surface area contributed by atoms with Crippen LogP contribution in [0.1, 0.15) is 78.9 Å². The van der Waals surface area contributed by atoms with Gasteiger partial charge in [0.25, 0.3) is 0 Å². The highest BCUT2D eigenvalue weighted by atomic mass is 35.5. The minimum Gasteiger partial charge on any atom is -0.460 e. The number of esters is 1. The molecule has 33 heavy (non-hydrogen) atoms. The number of aryl methyl sites for hydroxylation is 1. The Balaban J connectivity index is 3.34. The van der Waals surface area contributed by atoms with Gasteiger partial charge >= 0.3 is 5.97 Å². The number of methoxy groups -OCH3 is 1. The van der Waals surface area contributed by atoms with Gasteiger partial charge in [0.1, 0.15) is 11.5 Å². The summed E-state index contributed by atoms with van der Waals surface area (Å²) < 4.78 is 10.6. The number of rotatable bonds is 11. The second-order valence-corrected chi connectivity index (χ2v) is 11.4. The molecule has 0 aliphatic carbocycles. The van der Waals surface area contributed by atoms with E-state index in [1.807, 2.05) is 12.1 Å². The SMILES string of the molecule is COCCCC(=O)N[C@@](C)(c1ccc(CCC(C)(C)C)c(Cl)c1)C(CO)C(=O)OC(C)(C)C. The summed E-state index contributed by atoms with van der Waals surface area (Å²) in [6.45, 7) is 13.5. The van der Waals surface area contributed by atoms with E-state index in [2.05, 4.69) is 26.1 Å². The van der Waals surface area contributed by atoms with Crippen LogP contribution in [0.5, 0.6) is 0 Å². The molecular formula is C26H42ClNO5. The third kappa shape index (κ3) is 9.63. The van der Waals surface area contributed by atoms with Crippen molar-refractivity contribution in [2.24, 2.45) is 11.3 Å². The van der Waals surface area contributed by atoms with Gasteiger partial charge < -0.3 is 19.9 Å². The van der Waals surface area contributed by atoms with Gasteiger partial charge in [0, 0.05) is 25.2 Å². The minimum atomic E-state index is -1.21. The molecule has 1 unspecified atom stereocenters. The number of carbonyl (C=O) groups is 2. The molecule has 1 rings (SSSR count). The number of carbonyl (C=O) groups excluding carboxylic acids is 2. The maximum absolute atomic E-state index is 13.0. The lowest BCUT2D eigenvalue weighted by Gasteiger charge is -2.38. The predicted octanol–water partition coefficient (Wildman–Crippen LogP) is 5.03. The summed E-state index contributed by atoms with van der Waals surface area (Å²) in [5, 5.41) is 13.8. The molecule has 1 aromatic carbocycles. The minimum absolute atomic E-state index is 0.172. The van der Waals surface area contributed by atoms with E-state index in [9.17, 15) is 14.7 Å². The Morgan fingerprint density at radius 3 is 2.24 bits per heavy atom. The van der Waals surface area contributed by atoms with Gasteiger partial charge in [0.05, 0.1) is 12.1 Å². The summed E-state index contributed by atoms with van der Waals surface area (Å²) in [5.41, 5.74) is -0.139. The highest BCUT2D eigenvalue weighted by Crippen LogP contribution is 2.35. The summed E-state index contributed by atoms with van der Waals surface area (Å²) in [6.07, 6.45) is 2.56. The van der Waals surface area contributed by atoms with Crippen LogP contribution in [0.4, 0.5) is 0 Å². The average Bonchev–Trinajstić information content (AvgIpc) is 2.65. The van der Waals surface area contributed by atoms with E-state index >= 15 is 0 Å². The molecule has 0 aromatic heterocycles. The van der Waals surface area contributed by atoms with Crippen molar-refractivity contribution in [1.82, 2.24) is 5.32 Å². The van der Waals surface area contributed by atoms with Crippen LogP contribution in [0.3, 0.4) is 0 Å². The zero-order valence-electron chi connectivity index (χ0n) is 21.5. The van der Waals surface area contributed by atoms with Gasteiger partial charge in [0.15, 0.2) is 0 Å². The molecular weight excluding hydrogens is 442 g/mol. The fraction of sp³-hybridized carbons (Fsp3) is 0.692. The number of hydrogen-bond donors (Lipinski definition) is 2. The van der Waals surface area contributed by atoms with Gasteiger partial charge in [-0.15, -0.1) is 0 Å². The van der Waals surface area contributed by atoms with Crippen LogP contribution in [0, 0.1) is 11.3 Å². The van der Waals surface area contributed by atoms with Crippen LogP contribution in [0.25, 0.3) is 0 Å². The molecule has 1 aromatic rings. The van der Waals surface area contributed by atoms with E-state index in [1.165, 1.54) is 0 Å². The monoisotopic (exact) mass is 483 g/mol. The molecule has 6 nitrogen and oxygen atoms in total. The van der Waals surface area contributed by atoms with E-state index in [1.54, 1.807) is 40.9 Å². The lowest BCUT2D eigenvalue weighted by Crippen LogP contribution is -2.54. The van der Waals surface area contributed by atoms with Crippen LogP contribution in [-0.2, 0) is 31.0 Å². The zero-order valence-corrected chi connectivity index (χ0v) is 22.3. The quantitative estimate of drug-likeness (QED) is 0.340. The Kier molecular flexibility index (Phi) is 10.9. The number of halogens is 1. The van der Waals surface area contributed by atoms with E-state index in [4.69, 9.17) is 21.1 Å². The normalized spacial score (nSPS) is 15.0. The van der Waals surface area contributed by atoms with Gasteiger partial charge in [-0.05, 0) is 69.6 Å². The first-order chi connectivity index (χ1) is 15.1. The molecule has 1 amide bonds. The third-order valence-electron chi connectivity index (χ3n) is 5.52. The third-order valence-corrected chi connectivity index (χ3v) is 5.87. The van der Waals surface area contributed by atoms with Crippen LogP contribution in [0.15, 0.2) is 18.2 Å². The topological polar surface area (TPSA) is 84.9 Å². The van der Waals surface area contributed by atoms with Crippen LogP contribution in [-0.4, -0.2) is 42.9 Å². The molecule has 0 heterocycles. The Labute approximate surface area is 204 Å². The molecule has 0 fully saturated rings. The summed E-state index contributed by atoms with van der Waals surface area (Å²) in [6, 6.07) is 5.58. The average molecular weight is 484 g/mol. The fourth-order valence-corrected chi connectivity index (χ4v) is 3.81. The number of aliphatic hydroxyl groups excluding tert-OH is 1. The van der Waals surface area contributed by atoms with Gasteiger partial charge in [-0.25, -0.2) is 0 Å². The van der Waals surface area contributed by atoms with Crippen molar-refractivity contribution in [2.45, 2.75) is 85.3 Å². The first kappa shape index (κ1) is 29.4. The van der Waals surface area contributed by atoms with Crippen molar-refractivity contribution in [3.05, 3.63) is 34.3 Å². The maximum Gasteiger partial charge on any atom is 0.314 e. The van der Waals surface area contributed by atoms with Crippen molar-refractivity contribution in [2.75, 3.05) is 20.3 Å². The molecule has 0 bridgehead atoms. The van der Waals surface area contributed by atoms with Crippen LogP contribution < -0.4 is 5.32 Å². The molecule has 0 saturated heterocycles. The van der Waals surface area contributed by atoms with E-state index in [0.717, 1.165) is 18.4 Å². The van der Waals surface area contributed by atoms with Gasteiger partial charge in [-0.3, -0.25) is 9.59 Å². The number of benzene rings is 1. The fourth-order valence-electron chi connectivity index (χ4n) is 3.54. The number of nitrogens with one attached hydrogen (secondary N) is 1. The molecule has 188 valence electrons.